The summed E-state index contributed by atoms with van der Waals surface area (Å²) in [6.07, 6.45) is 1.11. The van der Waals surface area contributed by atoms with Crippen LogP contribution in [0.4, 0.5) is 22.0 Å². The Kier molecular flexibility index (Phi) is 4.24. The van der Waals surface area contributed by atoms with Gasteiger partial charge in [0.15, 0.2) is 0 Å². The van der Waals surface area contributed by atoms with Crippen molar-refractivity contribution < 1.29 is 14.3 Å². The molecule has 0 fully saturated rings. The fourth-order valence-corrected chi connectivity index (χ4v) is 2.44. The molecule has 6 nitrogen and oxygen atoms in total. The Hall–Kier alpha value is -2.47. The third-order valence-electron chi connectivity index (χ3n) is 3.25. The van der Waals surface area contributed by atoms with Crippen LogP contribution in [0.25, 0.3) is 0 Å². The molecular formula is C17H18ClN3O3. The molecule has 0 radical (unpaired) electrons. The van der Waals surface area contributed by atoms with E-state index in [0.717, 1.165) is 5.56 Å². The molecule has 0 spiro atoms. The molecule has 2 heterocycles. The van der Waals surface area contributed by atoms with Crippen molar-refractivity contribution in [2.24, 2.45) is 0 Å². The van der Waals surface area contributed by atoms with E-state index < -0.39 is 11.7 Å². The van der Waals surface area contributed by atoms with Crippen LogP contribution < -0.4 is 15.4 Å². The number of carbonyl (C=O) groups is 1. The zero-order chi connectivity index (χ0) is 17.3. The summed E-state index contributed by atoms with van der Waals surface area (Å²) in [6, 6.07) is 7.00. The second-order valence-corrected chi connectivity index (χ2v) is 6.78. The van der Waals surface area contributed by atoms with Crippen molar-refractivity contribution in [2.45, 2.75) is 33.0 Å². The highest BCUT2D eigenvalue weighted by Gasteiger charge is 2.19. The maximum Gasteiger partial charge on any atom is 0.412 e. The lowest BCUT2D eigenvalue weighted by atomic mass is 10.2. The van der Waals surface area contributed by atoms with Gasteiger partial charge in [-0.15, -0.1) is 0 Å². The van der Waals surface area contributed by atoms with E-state index in [1.165, 1.54) is 0 Å². The Morgan fingerprint density at radius 1 is 1.38 bits per heavy atom. The third kappa shape index (κ3) is 3.71. The summed E-state index contributed by atoms with van der Waals surface area (Å²) in [6.45, 7) is 5.75. The highest BCUT2D eigenvalue weighted by atomic mass is 35.5. The minimum Gasteiger partial charge on any atom is -0.487 e. The van der Waals surface area contributed by atoms with Crippen LogP contribution in [-0.4, -0.2) is 16.7 Å². The van der Waals surface area contributed by atoms with Gasteiger partial charge in [0.1, 0.15) is 23.8 Å². The number of halogens is 1. The van der Waals surface area contributed by atoms with E-state index in [2.05, 4.69) is 15.6 Å². The Balaban J connectivity index is 1.83. The number of anilines is 3. The predicted molar refractivity (Wildman–Crippen MR) is 93.2 cm³/mol. The lowest BCUT2D eigenvalue weighted by Gasteiger charge is -2.20. The van der Waals surface area contributed by atoms with Gasteiger partial charge in [-0.25, -0.2) is 9.78 Å². The molecule has 126 valence electrons. The molecular weight excluding hydrogens is 330 g/mol. The molecule has 0 atom stereocenters. The number of nitrogens with one attached hydrogen (secondary N) is 2. The van der Waals surface area contributed by atoms with Crippen LogP contribution >= 0.6 is 11.6 Å². The van der Waals surface area contributed by atoms with Gasteiger partial charge in [-0.3, -0.25) is 5.32 Å². The molecule has 24 heavy (non-hydrogen) atoms. The summed E-state index contributed by atoms with van der Waals surface area (Å²) < 4.78 is 11.0. The lowest BCUT2D eigenvalue weighted by Crippen LogP contribution is -2.27. The van der Waals surface area contributed by atoms with Crippen molar-refractivity contribution in [1.29, 1.82) is 0 Å². The van der Waals surface area contributed by atoms with Gasteiger partial charge in [0.05, 0.1) is 16.3 Å². The molecule has 0 saturated heterocycles. The molecule has 2 N–H and O–H groups in total. The summed E-state index contributed by atoms with van der Waals surface area (Å²) in [5.74, 6) is 1.29. The molecule has 2 aromatic rings. The molecule has 1 aromatic carbocycles. The van der Waals surface area contributed by atoms with Gasteiger partial charge < -0.3 is 14.8 Å². The van der Waals surface area contributed by atoms with Crippen LogP contribution in [0, 0.1) is 0 Å². The Morgan fingerprint density at radius 2 is 2.17 bits per heavy atom. The normalized spacial score (nSPS) is 12.8. The Bertz CT molecular complexity index is 787. The van der Waals surface area contributed by atoms with Gasteiger partial charge in [-0.1, -0.05) is 11.6 Å². The molecule has 1 aliphatic heterocycles. The molecule has 0 saturated carbocycles. The average molecular weight is 348 g/mol. The Morgan fingerprint density at radius 3 is 2.92 bits per heavy atom. The van der Waals surface area contributed by atoms with Crippen LogP contribution in [0.5, 0.6) is 5.75 Å². The van der Waals surface area contributed by atoms with Crippen molar-refractivity contribution in [3.63, 3.8) is 0 Å². The first kappa shape index (κ1) is 16.4. The van der Waals surface area contributed by atoms with Gasteiger partial charge in [-0.2, -0.15) is 0 Å². The Labute approximate surface area is 145 Å². The highest BCUT2D eigenvalue weighted by Crippen LogP contribution is 2.36. The van der Waals surface area contributed by atoms with E-state index in [1.54, 1.807) is 30.5 Å². The summed E-state index contributed by atoms with van der Waals surface area (Å²) >= 11 is 6.19. The van der Waals surface area contributed by atoms with Crippen LogP contribution in [0.15, 0.2) is 30.5 Å². The number of fused-ring (bicyclic) bond motifs is 2. The number of pyridine rings is 1. The molecule has 1 aliphatic rings. The predicted octanol–water partition coefficient (Wildman–Crippen LogP) is 4.72. The molecule has 3 rings (SSSR count). The molecule has 0 aliphatic carbocycles. The lowest BCUT2D eigenvalue weighted by molar-refractivity contribution is 0.0636. The highest BCUT2D eigenvalue weighted by molar-refractivity contribution is 6.31. The quantitative estimate of drug-likeness (QED) is 0.781. The number of carbonyl (C=O) groups excluding carboxylic acids is 1. The van der Waals surface area contributed by atoms with Crippen molar-refractivity contribution in [3.8, 4) is 5.75 Å². The second-order valence-electron chi connectivity index (χ2n) is 6.37. The SMILES string of the molecule is CC(C)(C)OC(=O)Nc1ccc2c(c1)Nc1nccc(Cl)c1CO2. The van der Waals surface area contributed by atoms with Crippen molar-refractivity contribution in [1.82, 2.24) is 4.98 Å². The monoisotopic (exact) mass is 347 g/mol. The molecule has 7 heteroatoms. The minimum atomic E-state index is -0.559. The first-order chi connectivity index (χ1) is 11.3. The topological polar surface area (TPSA) is 72.5 Å². The fraction of sp³-hybridized carbons (Fsp3) is 0.294. The first-order valence-electron chi connectivity index (χ1n) is 7.49. The van der Waals surface area contributed by atoms with Crippen molar-refractivity contribution >= 4 is 34.9 Å². The van der Waals surface area contributed by atoms with Crippen molar-refractivity contribution in [2.75, 3.05) is 10.6 Å². The van der Waals surface area contributed by atoms with E-state index >= 15 is 0 Å². The molecule has 1 aromatic heterocycles. The van der Waals surface area contributed by atoms with Gasteiger partial charge >= 0.3 is 6.09 Å². The van der Waals surface area contributed by atoms with Crippen LogP contribution in [-0.2, 0) is 11.3 Å². The number of hydrogen-bond donors (Lipinski definition) is 2. The zero-order valence-corrected chi connectivity index (χ0v) is 14.4. The molecule has 0 unspecified atom stereocenters. The first-order valence-corrected chi connectivity index (χ1v) is 7.87. The van der Waals surface area contributed by atoms with Crippen LogP contribution in [0.3, 0.4) is 0 Å². The van der Waals surface area contributed by atoms with Gasteiger partial charge in [0, 0.05) is 11.9 Å². The summed E-state index contributed by atoms with van der Waals surface area (Å²) in [4.78, 5) is 16.2. The minimum absolute atomic E-state index is 0.320. The number of aromatic nitrogens is 1. The van der Waals surface area contributed by atoms with Gasteiger partial charge in [-0.05, 0) is 45.0 Å². The summed E-state index contributed by atoms with van der Waals surface area (Å²) in [7, 11) is 0. The number of rotatable bonds is 1. The molecule has 0 bridgehead atoms. The van der Waals surface area contributed by atoms with E-state index in [0.29, 0.717) is 34.6 Å². The number of benzene rings is 1. The number of hydrogen-bond acceptors (Lipinski definition) is 5. The zero-order valence-electron chi connectivity index (χ0n) is 13.6. The second kappa shape index (κ2) is 6.20. The smallest absolute Gasteiger partial charge is 0.412 e. The van der Waals surface area contributed by atoms with E-state index in [-0.39, 0.29) is 0 Å². The van der Waals surface area contributed by atoms with E-state index in [4.69, 9.17) is 21.1 Å². The van der Waals surface area contributed by atoms with Crippen molar-refractivity contribution in [3.05, 3.63) is 41.0 Å². The largest absolute Gasteiger partial charge is 0.487 e. The average Bonchev–Trinajstić information content (AvgIpc) is 2.64. The van der Waals surface area contributed by atoms with Gasteiger partial charge in [0.25, 0.3) is 0 Å². The molecule has 1 amide bonds. The van der Waals surface area contributed by atoms with E-state index in [9.17, 15) is 4.79 Å². The van der Waals surface area contributed by atoms with Gasteiger partial charge in [0.2, 0.25) is 0 Å². The standard InChI is InChI=1S/C17H18ClN3O3/c1-17(2,3)24-16(22)20-10-4-5-14-13(8-10)21-15-11(9-23-14)12(18)6-7-19-15/h4-8H,9H2,1-3H3,(H,19,21)(H,20,22). The maximum atomic E-state index is 11.9. The fourth-order valence-electron chi connectivity index (χ4n) is 2.24. The van der Waals surface area contributed by atoms with E-state index in [1.807, 2.05) is 20.8 Å². The van der Waals surface area contributed by atoms with Crippen LogP contribution in [0.1, 0.15) is 26.3 Å². The number of ether oxygens (including phenoxy) is 2. The number of amides is 1. The summed E-state index contributed by atoms with van der Waals surface area (Å²) in [5.41, 5.74) is 1.51. The maximum absolute atomic E-state index is 11.9. The number of nitrogens with zero attached hydrogens (tertiary/aromatic N) is 1. The van der Waals surface area contributed by atoms with Crippen LogP contribution in [0.2, 0.25) is 5.02 Å². The third-order valence-corrected chi connectivity index (χ3v) is 3.60. The summed E-state index contributed by atoms with van der Waals surface area (Å²) in [5, 5.41) is 6.48.